The normalized spacial score (nSPS) is 14.6. The average Bonchev–Trinajstić information content (AvgIpc) is 2.54. The maximum atomic E-state index is 12.1. The zero-order valence-corrected chi connectivity index (χ0v) is 13.3. The summed E-state index contributed by atoms with van der Waals surface area (Å²) in [5.41, 5.74) is 0.726. The lowest BCUT2D eigenvalue weighted by molar-refractivity contribution is -0.142. The van der Waals surface area contributed by atoms with Crippen molar-refractivity contribution in [2.75, 3.05) is 32.1 Å². The number of carbonyl (C=O) groups excluding carboxylic acids is 2. The number of esters is 1. The molecule has 0 saturated carbocycles. The first-order chi connectivity index (χ1) is 10.2. The highest BCUT2D eigenvalue weighted by molar-refractivity contribution is 5.92. The Hall–Kier alpha value is -1.79. The third-order valence-corrected chi connectivity index (χ3v) is 3.42. The van der Waals surface area contributed by atoms with Crippen LogP contribution >= 0.6 is 12.4 Å². The molecule has 0 bridgehead atoms. The molecular weight excluding hydrogens is 308 g/mol. The summed E-state index contributed by atoms with van der Waals surface area (Å²) < 4.78 is 9.73. The Kier molecular flexibility index (Phi) is 7.70. The van der Waals surface area contributed by atoms with E-state index in [4.69, 9.17) is 4.74 Å². The molecule has 6 nitrogen and oxygen atoms in total. The van der Waals surface area contributed by atoms with Crippen LogP contribution < -0.4 is 15.4 Å². The van der Waals surface area contributed by atoms with Gasteiger partial charge < -0.3 is 20.1 Å². The number of piperidine rings is 1. The minimum atomic E-state index is -0.432. The topological polar surface area (TPSA) is 76.7 Å². The van der Waals surface area contributed by atoms with Gasteiger partial charge in [-0.3, -0.25) is 4.79 Å². The van der Waals surface area contributed by atoms with Crippen molar-refractivity contribution < 1.29 is 19.1 Å². The van der Waals surface area contributed by atoms with E-state index in [1.807, 2.05) is 0 Å². The first kappa shape index (κ1) is 18.3. The zero-order chi connectivity index (χ0) is 15.1. The zero-order valence-electron chi connectivity index (χ0n) is 12.5. The Balaban J connectivity index is 0.00000242. The van der Waals surface area contributed by atoms with Crippen LogP contribution in [0.5, 0.6) is 5.75 Å². The van der Waals surface area contributed by atoms with Crippen molar-refractivity contribution in [3.63, 3.8) is 0 Å². The summed E-state index contributed by atoms with van der Waals surface area (Å²) >= 11 is 0. The number of nitrogens with one attached hydrogen (secondary N) is 2. The fourth-order valence-electron chi connectivity index (χ4n) is 2.16. The predicted molar refractivity (Wildman–Crippen MR) is 85.4 cm³/mol. The van der Waals surface area contributed by atoms with E-state index in [0.717, 1.165) is 31.6 Å². The second-order valence-corrected chi connectivity index (χ2v) is 4.90. The number of methoxy groups -OCH3 is 1. The summed E-state index contributed by atoms with van der Waals surface area (Å²) in [6, 6.07) is 6.93. The average molecular weight is 329 g/mol. The molecule has 2 N–H and O–H groups in total. The number of hydrogen-bond acceptors (Lipinski definition) is 5. The van der Waals surface area contributed by atoms with Gasteiger partial charge in [-0.2, -0.15) is 0 Å². The lowest BCUT2D eigenvalue weighted by atomic mass is 9.97. The van der Waals surface area contributed by atoms with Crippen LogP contribution in [0.2, 0.25) is 0 Å². The molecule has 122 valence electrons. The Morgan fingerprint density at radius 1 is 1.23 bits per heavy atom. The van der Waals surface area contributed by atoms with Crippen molar-refractivity contribution in [3.05, 3.63) is 24.3 Å². The molecule has 0 radical (unpaired) electrons. The van der Waals surface area contributed by atoms with E-state index in [0.29, 0.717) is 5.75 Å². The third-order valence-electron chi connectivity index (χ3n) is 3.42. The van der Waals surface area contributed by atoms with E-state index in [1.165, 1.54) is 7.11 Å². The van der Waals surface area contributed by atoms with Gasteiger partial charge in [0, 0.05) is 11.6 Å². The SMILES string of the molecule is COC(=O)COc1ccc(NC(=O)C2CCNCC2)cc1.Cl. The summed E-state index contributed by atoms with van der Waals surface area (Å²) in [4.78, 5) is 23.0. The molecule has 7 heteroatoms. The Morgan fingerprint density at radius 3 is 2.45 bits per heavy atom. The number of halogens is 1. The fourth-order valence-corrected chi connectivity index (χ4v) is 2.16. The van der Waals surface area contributed by atoms with E-state index in [-0.39, 0.29) is 30.8 Å². The van der Waals surface area contributed by atoms with Crippen molar-refractivity contribution in [1.29, 1.82) is 0 Å². The molecule has 0 atom stereocenters. The number of carbonyl (C=O) groups is 2. The third kappa shape index (κ3) is 5.54. The lowest BCUT2D eigenvalue weighted by Crippen LogP contribution is -2.34. The van der Waals surface area contributed by atoms with E-state index in [2.05, 4.69) is 15.4 Å². The number of hydrogen-bond donors (Lipinski definition) is 2. The number of anilines is 1. The van der Waals surface area contributed by atoms with Crippen molar-refractivity contribution in [1.82, 2.24) is 5.32 Å². The number of benzene rings is 1. The molecule has 1 fully saturated rings. The molecule has 1 heterocycles. The molecule has 0 unspecified atom stereocenters. The van der Waals surface area contributed by atoms with Crippen LogP contribution in [-0.2, 0) is 14.3 Å². The van der Waals surface area contributed by atoms with Crippen molar-refractivity contribution in [3.8, 4) is 5.75 Å². The van der Waals surface area contributed by atoms with Gasteiger partial charge >= 0.3 is 5.97 Å². The molecule has 1 amide bonds. The van der Waals surface area contributed by atoms with Crippen molar-refractivity contribution in [2.24, 2.45) is 5.92 Å². The Labute approximate surface area is 136 Å². The van der Waals surface area contributed by atoms with Gasteiger partial charge in [-0.25, -0.2) is 4.79 Å². The first-order valence-electron chi connectivity index (χ1n) is 7.00. The molecule has 0 aromatic heterocycles. The highest BCUT2D eigenvalue weighted by Gasteiger charge is 2.20. The van der Waals surface area contributed by atoms with E-state index >= 15 is 0 Å². The Morgan fingerprint density at radius 2 is 1.86 bits per heavy atom. The van der Waals surface area contributed by atoms with Crippen LogP contribution in [0.4, 0.5) is 5.69 Å². The van der Waals surface area contributed by atoms with Crippen LogP contribution in [-0.4, -0.2) is 38.7 Å². The molecule has 1 aliphatic rings. The van der Waals surface area contributed by atoms with Gasteiger partial charge in [0.25, 0.3) is 0 Å². The summed E-state index contributed by atoms with van der Waals surface area (Å²) in [5, 5.41) is 6.14. The number of rotatable bonds is 5. The molecule has 1 aromatic carbocycles. The maximum Gasteiger partial charge on any atom is 0.343 e. The summed E-state index contributed by atoms with van der Waals surface area (Å²) in [6.45, 7) is 1.65. The van der Waals surface area contributed by atoms with Crippen LogP contribution in [0.1, 0.15) is 12.8 Å². The molecule has 0 spiro atoms. The second kappa shape index (κ2) is 9.27. The standard InChI is InChI=1S/C15H20N2O4.ClH/c1-20-14(18)10-21-13-4-2-12(3-5-13)17-15(19)11-6-8-16-9-7-11;/h2-5,11,16H,6-10H2,1H3,(H,17,19);1H. The molecule has 1 saturated heterocycles. The minimum Gasteiger partial charge on any atom is -0.482 e. The van der Waals surface area contributed by atoms with Crippen molar-refractivity contribution in [2.45, 2.75) is 12.8 Å². The maximum absolute atomic E-state index is 12.1. The van der Waals surface area contributed by atoms with Gasteiger partial charge in [0.05, 0.1) is 7.11 Å². The van der Waals surface area contributed by atoms with Gasteiger partial charge in [0.2, 0.25) is 5.91 Å². The summed E-state index contributed by atoms with van der Waals surface area (Å²) in [5.74, 6) is 0.250. The van der Waals surface area contributed by atoms with Crippen LogP contribution in [0.15, 0.2) is 24.3 Å². The number of ether oxygens (including phenoxy) is 2. The highest BCUT2D eigenvalue weighted by atomic mass is 35.5. The van der Waals surface area contributed by atoms with Crippen LogP contribution in [0.25, 0.3) is 0 Å². The summed E-state index contributed by atoms with van der Waals surface area (Å²) in [7, 11) is 1.31. The molecule has 2 rings (SSSR count). The molecule has 1 aliphatic heterocycles. The van der Waals surface area contributed by atoms with Gasteiger partial charge in [-0.05, 0) is 50.2 Å². The van der Waals surface area contributed by atoms with Gasteiger partial charge in [-0.15, -0.1) is 12.4 Å². The quantitative estimate of drug-likeness (QED) is 0.803. The minimum absolute atomic E-state index is 0. The van der Waals surface area contributed by atoms with Gasteiger partial charge in [0.15, 0.2) is 6.61 Å². The predicted octanol–water partition coefficient (Wildman–Crippen LogP) is 1.60. The smallest absolute Gasteiger partial charge is 0.343 e. The molecular formula is C15H21ClN2O4. The first-order valence-corrected chi connectivity index (χ1v) is 7.00. The molecule has 0 aliphatic carbocycles. The van der Waals surface area contributed by atoms with Crippen LogP contribution in [0.3, 0.4) is 0 Å². The second-order valence-electron chi connectivity index (χ2n) is 4.90. The Bertz CT molecular complexity index is 487. The monoisotopic (exact) mass is 328 g/mol. The van der Waals surface area contributed by atoms with E-state index in [9.17, 15) is 9.59 Å². The highest BCUT2D eigenvalue weighted by Crippen LogP contribution is 2.18. The largest absolute Gasteiger partial charge is 0.482 e. The molecule has 1 aromatic rings. The van der Waals surface area contributed by atoms with E-state index in [1.54, 1.807) is 24.3 Å². The van der Waals surface area contributed by atoms with Gasteiger partial charge in [0.1, 0.15) is 5.75 Å². The molecule has 22 heavy (non-hydrogen) atoms. The lowest BCUT2D eigenvalue weighted by Gasteiger charge is -2.21. The van der Waals surface area contributed by atoms with E-state index < -0.39 is 5.97 Å². The van der Waals surface area contributed by atoms with Crippen LogP contribution in [0, 0.1) is 5.92 Å². The summed E-state index contributed by atoms with van der Waals surface area (Å²) in [6.07, 6.45) is 1.73. The van der Waals surface area contributed by atoms with Gasteiger partial charge in [-0.1, -0.05) is 0 Å². The van der Waals surface area contributed by atoms with Crippen molar-refractivity contribution >= 4 is 30.0 Å². The fraction of sp³-hybridized carbons (Fsp3) is 0.467. The number of amides is 1.